The largest absolute Gasteiger partial charge is 0.321 e. The quantitative estimate of drug-likeness (QED) is 0.709. The molecule has 0 aliphatic heterocycles. The lowest BCUT2D eigenvalue weighted by atomic mass is 10.1. The maximum absolute atomic E-state index is 12.4. The average Bonchev–Trinajstić information content (AvgIpc) is 2.40. The van der Waals surface area contributed by atoms with Crippen molar-refractivity contribution in [3.63, 3.8) is 0 Å². The van der Waals surface area contributed by atoms with Crippen molar-refractivity contribution in [2.75, 3.05) is 5.32 Å². The minimum absolute atomic E-state index is 0.00427. The Labute approximate surface area is 142 Å². The van der Waals surface area contributed by atoms with E-state index in [0.717, 1.165) is 11.1 Å². The van der Waals surface area contributed by atoms with E-state index in [0.29, 0.717) is 5.69 Å². The second-order valence-electron chi connectivity index (χ2n) is 4.42. The molecule has 0 spiro atoms. The van der Waals surface area contributed by atoms with Crippen molar-refractivity contribution < 1.29 is 4.79 Å². The summed E-state index contributed by atoms with van der Waals surface area (Å²) in [5.41, 5.74) is 2.53. The van der Waals surface area contributed by atoms with Gasteiger partial charge in [0.15, 0.2) is 5.15 Å². The maximum atomic E-state index is 12.4. The van der Waals surface area contributed by atoms with Gasteiger partial charge in [-0.05, 0) is 25.0 Å². The molecule has 0 fully saturated rings. The zero-order valence-corrected chi connectivity index (χ0v) is 14.1. The molecule has 1 amide bonds. The highest BCUT2D eigenvalue weighted by molar-refractivity contribution is 6.50. The van der Waals surface area contributed by atoms with Crippen molar-refractivity contribution >= 4 is 58.0 Å². The Bertz CT molecular complexity index is 711. The minimum atomic E-state index is -0.492. The van der Waals surface area contributed by atoms with Gasteiger partial charge < -0.3 is 5.32 Å². The molecule has 0 saturated carbocycles. The van der Waals surface area contributed by atoms with Crippen LogP contribution in [0.2, 0.25) is 20.4 Å². The van der Waals surface area contributed by atoms with E-state index in [1.54, 1.807) is 0 Å². The maximum Gasteiger partial charge on any atom is 0.260 e. The molecule has 0 bridgehead atoms. The molecule has 1 heterocycles. The SMILES string of the molecule is Cc1cccc(C)c1NC(=O)c1c(Cl)nc(Cl)c(Cl)c1Cl. The summed E-state index contributed by atoms with van der Waals surface area (Å²) >= 11 is 23.7. The van der Waals surface area contributed by atoms with Crippen LogP contribution in [0.5, 0.6) is 0 Å². The van der Waals surface area contributed by atoms with Crippen LogP contribution in [0.4, 0.5) is 5.69 Å². The molecular formula is C14H10Cl4N2O. The molecule has 1 aromatic heterocycles. The zero-order valence-electron chi connectivity index (χ0n) is 11.1. The molecule has 2 aromatic rings. The molecule has 21 heavy (non-hydrogen) atoms. The molecule has 0 atom stereocenters. The van der Waals surface area contributed by atoms with Crippen LogP contribution in [-0.2, 0) is 0 Å². The topological polar surface area (TPSA) is 42.0 Å². The Morgan fingerprint density at radius 1 is 1.00 bits per heavy atom. The van der Waals surface area contributed by atoms with E-state index < -0.39 is 5.91 Å². The van der Waals surface area contributed by atoms with Crippen LogP contribution < -0.4 is 5.32 Å². The Balaban J connectivity index is 2.45. The highest BCUT2D eigenvalue weighted by Gasteiger charge is 2.22. The number of benzene rings is 1. The van der Waals surface area contributed by atoms with Crippen molar-refractivity contribution in [1.82, 2.24) is 4.98 Å². The van der Waals surface area contributed by atoms with E-state index in [2.05, 4.69) is 10.3 Å². The fraction of sp³-hybridized carbons (Fsp3) is 0.143. The first-order valence-corrected chi connectivity index (χ1v) is 7.41. The summed E-state index contributed by atoms with van der Waals surface area (Å²) in [6.45, 7) is 3.78. The van der Waals surface area contributed by atoms with Gasteiger partial charge in [-0.3, -0.25) is 4.79 Å². The fourth-order valence-electron chi connectivity index (χ4n) is 1.86. The lowest BCUT2D eigenvalue weighted by molar-refractivity contribution is 0.102. The smallest absolute Gasteiger partial charge is 0.260 e. The Morgan fingerprint density at radius 2 is 1.57 bits per heavy atom. The van der Waals surface area contributed by atoms with Gasteiger partial charge in [0.05, 0.1) is 15.6 Å². The van der Waals surface area contributed by atoms with Crippen LogP contribution in [-0.4, -0.2) is 10.9 Å². The van der Waals surface area contributed by atoms with E-state index in [4.69, 9.17) is 46.4 Å². The van der Waals surface area contributed by atoms with Crippen LogP contribution >= 0.6 is 46.4 Å². The van der Waals surface area contributed by atoms with E-state index in [1.807, 2.05) is 32.0 Å². The van der Waals surface area contributed by atoms with Gasteiger partial charge in [-0.1, -0.05) is 64.6 Å². The van der Waals surface area contributed by atoms with Gasteiger partial charge in [0.1, 0.15) is 5.15 Å². The average molecular weight is 364 g/mol. The number of nitrogens with one attached hydrogen (secondary N) is 1. The van der Waals surface area contributed by atoms with Gasteiger partial charge in [-0.25, -0.2) is 4.98 Å². The monoisotopic (exact) mass is 362 g/mol. The third-order valence-electron chi connectivity index (χ3n) is 2.94. The van der Waals surface area contributed by atoms with Gasteiger partial charge in [0.25, 0.3) is 5.91 Å². The number of hydrogen-bond acceptors (Lipinski definition) is 2. The van der Waals surface area contributed by atoms with Gasteiger partial charge in [0.2, 0.25) is 0 Å². The number of amides is 1. The summed E-state index contributed by atoms with van der Waals surface area (Å²) in [5, 5.41) is 2.60. The summed E-state index contributed by atoms with van der Waals surface area (Å²) in [5.74, 6) is -0.492. The van der Waals surface area contributed by atoms with Crippen LogP contribution in [0, 0.1) is 13.8 Å². The second-order valence-corrected chi connectivity index (χ2v) is 5.89. The number of para-hydroxylation sites is 1. The Hall–Kier alpha value is -1.000. The van der Waals surface area contributed by atoms with E-state index in [1.165, 1.54) is 0 Å². The number of halogens is 4. The first-order chi connectivity index (χ1) is 9.82. The van der Waals surface area contributed by atoms with Gasteiger partial charge >= 0.3 is 0 Å². The number of aromatic nitrogens is 1. The van der Waals surface area contributed by atoms with Gasteiger partial charge in [0, 0.05) is 5.69 Å². The number of carbonyl (C=O) groups excluding carboxylic acids is 1. The molecule has 0 radical (unpaired) electrons. The predicted molar refractivity (Wildman–Crippen MR) is 88.1 cm³/mol. The highest BCUT2D eigenvalue weighted by atomic mass is 35.5. The molecule has 110 valence electrons. The summed E-state index contributed by atoms with van der Waals surface area (Å²) in [4.78, 5) is 16.2. The Morgan fingerprint density at radius 3 is 2.14 bits per heavy atom. The van der Waals surface area contributed by atoms with Crippen molar-refractivity contribution in [3.8, 4) is 0 Å². The number of hydrogen-bond donors (Lipinski definition) is 1. The highest BCUT2D eigenvalue weighted by Crippen LogP contribution is 2.35. The predicted octanol–water partition coefficient (Wildman–Crippen LogP) is 5.56. The molecule has 0 unspecified atom stereocenters. The molecule has 1 N–H and O–H groups in total. The number of pyridine rings is 1. The lowest BCUT2D eigenvalue weighted by Crippen LogP contribution is -2.15. The fourth-order valence-corrected chi connectivity index (χ4v) is 2.85. The molecule has 2 rings (SSSR count). The standard InChI is InChI=1S/C14H10Cl4N2O/c1-6-4-3-5-7(2)11(6)19-14(21)8-9(15)10(16)13(18)20-12(8)17/h3-5H,1-2H3,(H,19,21). The number of rotatable bonds is 2. The summed E-state index contributed by atoms with van der Waals surface area (Å²) in [6.07, 6.45) is 0. The normalized spacial score (nSPS) is 10.6. The van der Waals surface area contributed by atoms with Crippen molar-refractivity contribution in [2.45, 2.75) is 13.8 Å². The molecule has 0 aliphatic rings. The second kappa shape index (κ2) is 6.41. The van der Waals surface area contributed by atoms with Gasteiger partial charge in [-0.2, -0.15) is 0 Å². The van der Waals surface area contributed by atoms with E-state index >= 15 is 0 Å². The number of aryl methyl sites for hydroxylation is 2. The van der Waals surface area contributed by atoms with Gasteiger partial charge in [-0.15, -0.1) is 0 Å². The molecule has 0 aliphatic carbocycles. The first kappa shape index (κ1) is 16.4. The zero-order chi connectivity index (χ0) is 15.7. The van der Waals surface area contributed by atoms with Crippen LogP contribution in [0.1, 0.15) is 21.5 Å². The third-order valence-corrected chi connectivity index (χ3v) is 4.43. The summed E-state index contributed by atoms with van der Waals surface area (Å²) in [7, 11) is 0. The molecule has 7 heteroatoms. The summed E-state index contributed by atoms with van der Waals surface area (Å²) in [6, 6.07) is 5.68. The van der Waals surface area contributed by atoms with Crippen LogP contribution in [0.3, 0.4) is 0 Å². The number of nitrogens with zero attached hydrogens (tertiary/aromatic N) is 1. The first-order valence-electron chi connectivity index (χ1n) is 5.90. The molecule has 3 nitrogen and oxygen atoms in total. The molecular weight excluding hydrogens is 354 g/mol. The number of carbonyl (C=O) groups is 1. The summed E-state index contributed by atoms with van der Waals surface area (Å²) < 4.78 is 0. The van der Waals surface area contributed by atoms with Crippen molar-refractivity contribution in [1.29, 1.82) is 0 Å². The molecule has 1 aromatic carbocycles. The number of anilines is 1. The van der Waals surface area contributed by atoms with Crippen molar-refractivity contribution in [2.24, 2.45) is 0 Å². The Kier molecular flexibility index (Phi) is 4.99. The lowest BCUT2D eigenvalue weighted by Gasteiger charge is -2.13. The van der Waals surface area contributed by atoms with Crippen LogP contribution in [0.15, 0.2) is 18.2 Å². The van der Waals surface area contributed by atoms with Crippen LogP contribution in [0.25, 0.3) is 0 Å². The van der Waals surface area contributed by atoms with E-state index in [-0.39, 0.29) is 25.9 Å². The molecule has 0 saturated heterocycles. The van der Waals surface area contributed by atoms with E-state index in [9.17, 15) is 4.79 Å². The van der Waals surface area contributed by atoms with Crippen molar-refractivity contribution in [3.05, 3.63) is 55.2 Å². The minimum Gasteiger partial charge on any atom is -0.321 e. The third kappa shape index (κ3) is 3.27.